The lowest BCUT2D eigenvalue weighted by molar-refractivity contribution is -0.123. The first-order valence-electron chi connectivity index (χ1n) is 6.55. The average Bonchev–Trinajstić information content (AvgIpc) is 3.21. The number of hydrazine groups is 1. The molecule has 0 aliphatic heterocycles. The maximum atomic E-state index is 11.9. The Morgan fingerprint density at radius 1 is 1.24 bits per heavy atom. The van der Waals surface area contributed by atoms with Crippen LogP contribution in [0.25, 0.3) is 5.69 Å². The lowest BCUT2D eigenvalue weighted by Crippen LogP contribution is -2.42. The Morgan fingerprint density at radius 3 is 2.76 bits per heavy atom. The van der Waals surface area contributed by atoms with Crippen molar-refractivity contribution in [2.75, 3.05) is 0 Å². The van der Waals surface area contributed by atoms with Crippen LogP contribution >= 0.6 is 11.6 Å². The van der Waals surface area contributed by atoms with Crippen molar-refractivity contribution >= 4 is 23.4 Å². The molecule has 1 aliphatic rings. The molecule has 2 N–H and O–H groups in total. The molecule has 2 amide bonds. The van der Waals surface area contributed by atoms with Crippen LogP contribution in [0.3, 0.4) is 0 Å². The Morgan fingerprint density at radius 2 is 2.05 bits per heavy atom. The molecule has 0 atom stereocenters. The Kier molecular flexibility index (Phi) is 3.62. The Balaban J connectivity index is 1.66. The first-order chi connectivity index (χ1) is 10.1. The number of carbonyl (C=O) groups excluding carboxylic acids is 2. The van der Waals surface area contributed by atoms with E-state index in [9.17, 15) is 9.59 Å². The number of benzene rings is 1. The summed E-state index contributed by atoms with van der Waals surface area (Å²) in [7, 11) is 0. The molecule has 7 heteroatoms. The number of nitrogens with zero attached hydrogens (tertiary/aromatic N) is 2. The van der Waals surface area contributed by atoms with Gasteiger partial charge in [0, 0.05) is 17.1 Å². The van der Waals surface area contributed by atoms with E-state index in [1.54, 1.807) is 35.1 Å². The predicted molar refractivity (Wildman–Crippen MR) is 76.9 cm³/mol. The summed E-state index contributed by atoms with van der Waals surface area (Å²) in [5.74, 6) is -0.572. The van der Waals surface area contributed by atoms with Gasteiger partial charge in [-0.15, -0.1) is 0 Å². The number of hydrogen-bond acceptors (Lipinski definition) is 3. The first kappa shape index (κ1) is 13.6. The van der Waals surface area contributed by atoms with E-state index in [1.165, 1.54) is 0 Å². The molecule has 0 saturated heterocycles. The van der Waals surface area contributed by atoms with Gasteiger partial charge >= 0.3 is 0 Å². The van der Waals surface area contributed by atoms with Crippen LogP contribution in [0.4, 0.5) is 0 Å². The monoisotopic (exact) mass is 304 g/mol. The van der Waals surface area contributed by atoms with Crippen molar-refractivity contribution in [2.45, 2.75) is 12.8 Å². The summed E-state index contributed by atoms with van der Waals surface area (Å²) in [5.41, 5.74) is 5.72. The smallest absolute Gasteiger partial charge is 0.273 e. The quantitative estimate of drug-likeness (QED) is 0.847. The van der Waals surface area contributed by atoms with Crippen molar-refractivity contribution in [1.29, 1.82) is 0 Å². The molecule has 1 fully saturated rings. The second-order valence-electron chi connectivity index (χ2n) is 4.84. The summed E-state index contributed by atoms with van der Waals surface area (Å²) >= 11 is 5.92. The standard InChI is InChI=1S/C14H13ClN4O2/c15-10-2-1-3-11(8-10)19-7-6-12(18-19)14(21)17-16-13(20)9-4-5-9/h1-3,6-9H,4-5H2,(H,16,20)(H,17,21). The van der Waals surface area contributed by atoms with Gasteiger partial charge in [0.15, 0.2) is 5.69 Å². The van der Waals surface area contributed by atoms with Gasteiger partial charge in [-0.3, -0.25) is 20.4 Å². The molecular formula is C14H13ClN4O2. The number of halogens is 1. The Bertz CT molecular complexity index is 694. The molecule has 0 unspecified atom stereocenters. The van der Waals surface area contributed by atoms with E-state index in [1.807, 2.05) is 6.07 Å². The van der Waals surface area contributed by atoms with Crippen molar-refractivity contribution in [3.63, 3.8) is 0 Å². The molecule has 0 radical (unpaired) electrons. The molecule has 1 aliphatic carbocycles. The maximum absolute atomic E-state index is 11.9. The van der Waals surface area contributed by atoms with Gasteiger partial charge in [-0.1, -0.05) is 17.7 Å². The van der Waals surface area contributed by atoms with Crippen LogP contribution in [-0.2, 0) is 4.79 Å². The molecule has 1 aromatic heterocycles. The normalized spacial score (nSPS) is 13.8. The molecule has 0 spiro atoms. The van der Waals surface area contributed by atoms with Gasteiger partial charge in [0.2, 0.25) is 5.91 Å². The molecule has 1 aromatic carbocycles. The van der Waals surface area contributed by atoms with E-state index in [-0.39, 0.29) is 17.5 Å². The Hall–Kier alpha value is -2.34. The highest BCUT2D eigenvalue weighted by molar-refractivity contribution is 6.30. The minimum atomic E-state index is -0.454. The fourth-order valence-corrected chi connectivity index (χ4v) is 2.02. The summed E-state index contributed by atoms with van der Waals surface area (Å²) < 4.78 is 1.55. The van der Waals surface area contributed by atoms with Crippen molar-refractivity contribution < 1.29 is 9.59 Å². The van der Waals surface area contributed by atoms with E-state index in [2.05, 4.69) is 16.0 Å². The molecule has 1 saturated carbocycles. The highest BCUT2D eigenvalue weighted by atomic mass is 35.5. The van der Waals surface area contributed by atoms with E-state index in [0.717, 1.165) is 18.5 Å². The van der Waals surface area contributed by atoms with Crippen LogP contribution in [0.1, 0.15) is 23.3 Å². The van der Waals surface area contributed by atoms with Gasteiger partial charge in [0.1, 0.15) is 0 Å². The van der Waals surface area contributed by atoms with Crippen molar-refractivity contribution in [3.05, 3.63) is 47.2 Å². The molecule has 21 heavy (non-hydrogen) atoms. The van der Waals surface area contributed by atoms with Crippen molar-refractivity contribution in [2.24, 2.45) is 5.92 Å². The van der Waals surface area contributed by atoms with E-state index < -0.39 is 5.91 Å². The predicted octanol–water partition coefficient (Wildman–Crippen LogP) is 1.70. The van der Waals surface area contributed by atoms with Crippen LogP contribution < -0.4 is 10.9 Å². The van der Waals surface area contributed by atoms with Crippen molar-refractivity contribution in [3.8, 4) is 5.69 Å². The number of aromatic nitrogens is 2. The highest BCUT2D eigenvalue weighted by Gasteiger charge is 2.29. The van der Waals surface area contributed by atoms with Gasteiger partial charge in [-0.2, -0.15) is 5.10 Å². The summed E-state index contributed by atoms with van der Waals surface area (Å²) in [6.07, 6.45) is 3.42. The molecule has 0 bridgehead atoms. The number of hydrogen-bond donors (Lipinski definition) is 2. The average molecular weight is 305 g/mol. The van der Waals surface area contributed by atoms with Crippen LogP contribution in [0.15, 0.2) is 36.5 Å². The van der Waals surface area contributed by atoms with Crippen LogP contribution in [-0.4, -0.2) is 21.6 Å². The summed E-state index contributed by atoms with van der Waals surface area (Å²) in [6, 6.07) is 8.70. The second kappa shape index (κ2) is 5.57. The molecule has 2 aromatic rings. The minimum Gasteiger partial charge on any atom is -0.273 e. The minimum absolute atomic E-state index is 0.0364. The van der Waals surface area contributed by atoms with Crippen LogP contribution in [0.5, 0.6) is 0 Å². The number of amides is 2. The van der Waals surface area contributed by atoms with E-state index in [0.29, 0.717) is 5.02 Å². The van der Waals surface area contributed by atoms with E-state index in [4.69, 9.17) is 11.6 Å². The third-order valence-electron chi connectivity index (χ3n) is 3.14. The van der Waals surface area contributed by atoms with Crippen molar-refractivity contribution in [1.82, 2.24) is 20.6 Å². The fraction of sp³-hybridized carbons (Fsp3) is 0.214. The molecular weight excluding hydrogens is 292 g/mol. The summed E-state index contributed by atoms with van der Waals surface area (Å²) in [4.78, 5) is 23.3. The van der Waals surface area contributed by atoms with Crippen LogP contribution in [0.2, 0.25) is 5.02 Å². The maximum Gasteiger partial charge on any atom is 0.290 e. The zero-order valence-electron chi connectivity index (χ0n) is 11.0. The van der Waals surface area contributed by atoms with Gasteiger partial charge < -0.3 is 0 Å². The SMILES string of the molecule is O=C(NNC(=O)C1CC1)c1ccn(-c2cccc(Cl)c2)n1. The molecule has 108 valence electrons. The molecule has 1 heterocycles. The second-order valence-corrected chi connectivity index (χ2v) is 5.28. The summed E-state index contributed by atoms with van der Waals surface area (Å²) in [5, 5.41) is 4.74. The van der Waals surface area contributed by atoms with Gasteiger partial charge in [-0.25, -0.2) is 4.68 Å². The van der Waals surface area contributed by atoms with Gasteiger partial charge in [0.25, 0.3) is 5.91 Å². The topological polar surface area (TPSA) is 76.0 Å². The fourth-order valence-electron chi connectivity index (χ4n) is 1.84. The molecule has 3 rings (SSSR count). The van der Waals surface area contributed by atoms with Gasteiger partial charge in [0.05, 0.1) is 5.69 Å². The molecule has 6 nitrogen and oxygen atoms in total. The lowest BCUT2D eigenvalue weighted by Gasteiger charge is -2.04. The Labute approximate surface area is 126 Å². The zero-order valence-corrected chi connectivity index (χ0v) is 11.8. The summed E-state index contributed by atoms with van der Waals surface area (Å²) in [6.45, 7) is 0. The van der Waals surface area contributed by atoms with E-state index >= 15 is 0 Å². The number of nitrogens with one attached hydrogen (secondary N) is 2. The highest BCUT2D eigenvalue weighted by Crippen LogP contribution is 2.28. The third-order valence-corrected chi connectivity index (χ3v) is 3.38. The largest absolute Gasteiger partial charge is 0.290 e. The van der Waals surface area contributed by atoms with Crippen LogP contribution in [0, 0.1) is 5.92 Å². The third kappa shape index (κ3) is 3.22. The number of carbonyl (C=O) groups is 2. The first-order valence-corrected chi connectivity index (χ1v) is 6.93. The number of rotatable bonds is 3. The zero-order chi connectivity index (χ0) is 14.8. The van der Waals surface area contributed by atoms with Gasteiger partial charge in [-0.05, 0) is 37.1 Å². The lowest BCUT2D eigenvalue weighted by atomic mass is 10.3.